The number of hydrogen-bond acceptors (Lipinski definition) is 2. The molecule has 0 radical (unpaired) electrons. The summed E-state index contributed by atoms with van der Waals surface area (Å²) in [5.74, 6) is -0.0523. The predicted octanol–water partition coefficient (Wildman–Crippen LogP) is 3.64. The zero-order valence-corrected chi connectivity index (χ0v) is 12.5. The molecule has 1 heterocycles. The normalized spacial score (nSPS) is 10.3. The lowest BCUT2D eigenvalue weighted by Crippen LogP contribution is -2.15. The van der Waals surface area contributed by atoms with Crippen LogP contribution in [-0.4, -0.2) is 10.9 Å². The van der Waals surface area contributed by atoms with Gasteiger partial charge in [0.1, 0.15) is 0 Å². The van der Waals surface area contributed by atoms with Crippen molar-refractivity contribution in [3.63, 3.8) is 0 Å². The highest BCUT2D eigenvalue weighted by Gasteiger charge is 2.07. The number of rotatable bonds is 3. The van der Waals surface area contributed by atoms with E-state index in [4.69, 9.17) is 0 Å². The maximum atomic E-state index is 12.0. The molecule has 0 saturated carbocycles. The molecule has 1 aromatic heterocycles. The number of benzene rings is 1. The molecular formula is C15H15BrN2O. The maximum Gasteiger partial charge on any atom is 0.230 e. The summed E-state index contributed by atoms with van der Waals surface area (Å²) in [6.45, 7) is 3.95. The van der Waals surface area contributed by atoms with E-state index in [1.165, 1.54) is 0 Å². The molecule has 1 N–H and O–H groups in total. The average Bonchev–Trinajstić information content (AvgIpc) is 2.37. The third-order valence-corrected chi connectivity index (χ3v) is 3.78. The van der Waals surface area contributed by atoms with Gasteiger partial charge in [0.15, 0.2) is 0 Å². The van der Waals surface area contributed by atoms with E-state index >= 15 is 0 Å². The quantitative estimate of drug-likeness (QED) is 0.938. The second kappa shape index (κ2) is 5.97. The molecule has 4 heteroatoms. The molecule has 0 unspecified atom stereocenters. The van der Waals surface area contributed by atoms with Crippen molar-refractivity contribution >= 4 is 27.5 Å². The highest BCUT2D eigenvalue weighted by Crippen LogP contribution is 2.20. The van der Waals surface area contributed by atoms with Crippen molar-refractivity contribution in [2.75, 3.05) is 5.32 Å². The number of halogens is 1. The minimum Gasteiger partial charge on any atom is -0.326 e. The summed E-state index contributed by atoms with van der Waals surface area (Å²) in [5, 5.41) is 2.89. The molecule has 98 valence electrons. The topological polar surface area (TPSA) is 42.0 Å². The van der Waals surface area contributed by atoms with Crippen molar-refractivity contribution in [2.45, 2.75) is 20.3 Å². The first-order chi connectivity index (χ1) is 9.06. The minimum atomic E-state index is -0.0523. The number of pyridine rings is 1. The molecule has 0 aliphatic rings. The molecule has 1 aromatic carbocycles. The molecule has 0 bridgehead atoms. The fourth-order valence-electron chi connectivity index (χ4n) is 1.78. The van der Waals surface area contributed by atoms with Crippen LogP contribution in [-0.2, 0) is 11.2 Å². The number of amides is 1. The van der Waals surface area contributed by atoms with Crippen LogP contribution in [0.1, 0.15) is 16.8 Å². The number of anilines is 1. The van der Waals surface area contributed by atoms with E-state index < -0.39 is 0 Å². The van der Waals surface area contributed by atoms with E-state index in [2.05, 4.69) is 26.2 Å². The van der Waals surface area contributed by atoms with Crippen LogP contribution in [0.5, 0.6) is 0 Å². The Balaban J connectivity index is 2.05. The van der Waals surface area contributed by atoms with Gasteiger partial charge in [0.2, 0.25) is 5.91 Å². The van der Waals surface area contributed by atoms with E-state index in [0.29, 0.717) is 6.42 Å². The van der Waals surface area contributed by atoms with E-state index in [1.54, 1.807) is 6.20 Å². The fourth-order valence-corrected chi connectivity index (χ4v) is 2.03. The van der Waals surface area contributed by atoms with Gasteiger partial charge in [-0.15, -0.1) is 0 Å². The molecule has 0 fully saturated rings. The highest BCUT2D eigenvalue weighted by atomic mass is 79.9. The van der Waals surface area contributed by atoms with Gasteiger partial charge >= 0.3 is 0 Å². The third-order valence-electron chi connectivity index (χ3n) is 2.89. The van der Waals surface area contributed by atoms with Gasteiger partial charge in [-0.2, -0.15) is 0 Å². The Labute approximate surface area is 121 Å². The van der Waals surface area contributed by atoms with Crippen LogP contribution in [0.25, 0.3) is 0 Å². The summed E-state index contributed by atoms with van der Waals surface area (Å²) in [5.41, 5.74) is 3.74. The highest BCUT2D eigenvalue weighted by molar-refractivity contribution is 9.10. The van der Waals surface area contributed by atoms with Crippen LogP contribution < -0.4 is 5.32 Å². The van der Waals surface area contributed by atoms with Crippen LogP contribution in [0.2, 0.25) is 0 Å². The number of aryl methyl sites for hydroxylation is 2. The first-order valence-corrected chi connectivity index (χ1v) is 6.82. The molecule has 0 atom stereocenters. The van der Waals surface area contributed by atoms with Gasteiger partial charge in [0, 0.05) is 16.4 Å². The first-order valence-electron chi connectivity index (χ1n) is 6.03. The van der Waals surface area contributed by atoms with Crippen molar-refractivity contribution in [2.24, 2.45) is 0 Å². The average molecular weight is 319 g/mol. The summed E-state index contributed by atoms with van der Waals surface area (Å²) < 4.78 is 1.03. The number of carbonyl (C=O) groups excluding carboxylic acids is 1. The van der Waals surface area contributed by atoms with Gasteiger partial charge in [-0.25, -0.2) is 0 Å². The number of nitrogens with one attached hydrogen (secondary N) is 1. The Morgan fingerprint density at radius 1 is 1.26 bits per heavy atom. The zero-order chi connectivity index (χ0) is 13.8. The van der Waals surface area contributed by atoms with Gasteiger partial charge in [0.05, 0.1) is 12.1 Å². The molecule has 3 nitrogen and oxygen atoms in total. The Morgan fingerprint density at radius 2 is 2.05 bits per heavy atom. The monoisotopic (exact) mass is 318 g/mol. The summed E-state index contributed by atoms with van der Waals surface area (Å²) in [6.07, 6.45) is 2.00. The third kappa shape index (κ3) is 3.64. The van der Waals surface area contributed by atoms with Gasteiger partial charge in [-0.05, 0) is 49.2 Å². The van der Waals surface area contributed by atoms with Gasteiger partial charge in [0.25, 0.3) is 0 Å². The molecular weight excluding hydrogens is 304 g/mol. The van der Waals surface area contributed by atoms with Crippen molar-refractivity contribution in [1.82, 2.24) is 4.98 Å². The Hall–Kier alpha value is -1.68. The van der Waals surface area contributed by atoms with Crippen LogP contribution in [0, 0.1) is 13.8 Å². The van der Waals surface area contributed by atoms with Crippen molar-refractivity contribution in [3.05, 3.63) is 57.8 Å². The number of nitrogens with zero attached hydrogens (tertiary/aromatic N) is 1. The number of carbonyl (C=O) groups is 1. The Bertz CT molecular complexity index is 611. The largest absolute Gasteiger partial charge is 0.326 e. The smallest absolute Gasteiger partial charge is 0.230 e. The summed E-state index contributed by atoms with van der Waals surface area (Å²) >= 11 is 3.44. The molecule has 0 aliphatic heterocycles. The Kier molecular flexibility index (Phi) is 4.32. The van der Waals surface area contributed by atoms with Gasteiger partial charge < -0.3 is 5.32 Å². The second-order valence-electron chi connectivity index (χ2n) is 4.46. The minimum absolute atomic E-state index is 0.0523. The van der Waals surface area contributed by atoms with Crippen LogP contribution in [0.4, 0.5) is 5.69 Å². The van der Waals surface area contributed by atoms with Crippen molar-refractivity contribution in [3.8, 4) is 0 Å². The standard InChI is InChI=1S/C15H15BrN2O/c1-10-4-3-7-17-14(10)9-15(19)18-12-5-6-13(16)11(2)8-12/h3-8H,9H2,1-2H3,(H,18,19). The lowest BCUT2D eigenvalue weighted by atomic mass is 10.1. The van der Waals surface area contributed by atoms with E-state index in [9.17, 15) is 4.79 Å². The second-order valence-corrected chi connectivity index (χ2v) is 5.31. The summed E-state index contributed by atoms with van der Waals surface area (Å²) in [6, 6.07) is 9.57. The lowest BCUT2D eigenvalue weighted by Gasteiger charge is -2.08. The fraction of sp³-hybridized carbons (Fsp3) is 0.200. The van der Waals surface area contributed by atoms with Gasteiger partial charge in [-0.3, -0.25) is 9.78 Å². The SMILES string of the molecule is Cc1cc(NC(=O)Cc2ncccc2C)ccc1Br. The zero-order valence-electron chi connectivity index (χ0n) is 10.9. The van der Waals surface area contributed by atoms with Gasteiger partial charge in [-0.1, -0.05) is 22.0 Å². The van der Waals surface area contributed by atoms with E-state index in [-0.39, 0.29) is 5.91 Å². The predicted molar refractivity (Wildman–Crippen MR) is 80.2 cm³/mol. The molecule has 2 aromatic rings. The Morgan fingerprint density at radius 3 is 2.74 bits per heavy atom. The number of aromatic nitrogens is 1. The lowest BCUT2D eigenvalue weighted by molar-refractivity contribution is -0.115. The summed E-state index contributed by atoms with van der Waals surface area (Å²) in [7, 11) is 0. The van der Waals surface area contributed by atoms with Crippen LogP contribution >= 0.6 is 15.9 Å². The molecule has 0 aliphatic carbocycles. The van der Waals surface area contributed by atoms with E-state index in [1.807, 2.05) is 44.2 Å². The first kappa shape index (κ1) is 13.7. The maximum absolute atomic E-state index is 12.0. The van der Waals surface area contributed by atoms with Crippen molar-refractivity contribution < 1.29 is 4.79 Å². The molecule has 0 saturated heterocycles. The molecule has 0 spiro atoms. The van der Waals surface area contributed by atoms with Crippen LogP contribution in [0.3, 0.4) is 0 Å². The molecule has 19 heavy (non-hydrogen) atoms. The van der Waals surface area contributed by atoms with Crippen molar-refractivity contribution in [1.29, 1.82) is 0 Å². The molecule has 1 amide bonds. The van der Waals surface area contributed by atoms with Crippen LogP contribution in [0.15, 0.2) is 41.0 Å². The molecule has 2 rings (SSSR count). The van der Waals surface area contributed by atoms with E-state index in [0.717, 1.165) is 27.0 Å². The summed E-state index contributed by atoms with van der Waals surface area (Å²) in [4.78, 5) is 16.2. The number of hydrogen-bond donors (Lipinski definition) is 1.